The highest BCUT2D eigenvalue weighted by atomic mass is 16.5. The molecule has 0 bridgehead atoms. The van der Waals surface area contributed by atoms with Crippen LogP contribution in [0.2, 0.25) is 0 Å². The maximum Gasteiger partial charge on any atom is 0.266 e. The number of amides is 2. The summed E-state index contributed by atoms with van der Waals surface area (Å²) in [6, 6.07) is 24.9. The van der Waals surface area contributed by atoms with Gasteiger partial charge in [-0.25, -0.2) is 10.5 Å². The SMILES string of the molecule is Cc1ccc(-c2cc(COc3ccc([C@]4(N)CCN([C@H](CC(C)C)C(=O)NO)C4=O)cc3)c3ccccc3n2)cc1. The quantitative estimate of drug-likeness (QED) is 0.197. The zero-order valence-corrected chi connectivity index (χ0v) is 23.6. The molecule has 8 nitrogen and oxygen atoms in total. The van der Waals surface area contributed by atoms with Gasteiger partial charge in [-0.15, -0.1) is 0 Å². The molecule has 1 fully saturated rings. The van der Waals surface area contributed by atoms with Crippen molar-refractivity contribution in [2.45, 2.75) is 51.8 Å². The number of hydroxylamine groups is 1. The van der Waals surface area contributed by atoms with E-state index < -0.39 is 17.5 Å². The average molecular weight is 553 g/mol. The van der Waals surface area contributed by atoms with Crippen molar-refractivity contribution in [2.75, 3.05) is 6.54 Å². The molecule has 1 aromatic heterocycles. The number of aromatic nitrogens is 1. The third kappa shape index (κ3) is 5.80. The summed E-state index contributed by atoms with van der Waals surface area (Å²) >= 11 is 0. The van der Waals surface area contributed by atoms with Crippen molar-refractivity contribution < 1.29 is 19.5 Å². The first-order chi connectivity index (χ1) is 19.7. The lowest BCUT2D eigenvalue weighted by atomic mass is 9.89. The number of rotatable bonds is 9. The number of carbonyl (C=O) groups excluding carboxylic acids is 2. The van der Waals surface area contributed by atoms with Crippen molar-refractivity contribution in [1.82, 2.24) is 15.4 Å². The number of likely N-dealkylation sites (tertiary alicyclic amines) is 1. The van der Waals surface area contributed by atoms with E-state index in [1.54, 1.807) is 5.48 Å². The Kier molecular flexibility index (Phi) is 8.06. The monoisotopic (exact) mass is 552 g/mol. The number of nitrogens with two attached hydrogens (primary N) is 1. The van der Waals surface area contributed by atoms with Crippen LogP contribution >= 0.6 is 0 Å². The first-order valence-electron chi connectivity index (χ1n) is 13.9. The van der Waals surface area contributed by atoms with Gasteiger partial charge >= 0.3 is 0 Å². The van der Waals surface area contributed by atoms with Gasteiger partial charge in [-0.05, 0) is 55.5 Å². The second-order valence-corrected chi connectivity index (χ2v) is 11.2. The van der Waals surface area contributed by atoms with Gasteiger partial charge in [0.05, 0.1) is 11.2 Å². The van der Waals surface area contributed by atoms with Crippen LogP contribution in [0, 0.1) is 12.8 Å². The summed E-state index contributed by atoms with van der Waals surface area (Å²) in [5.74, 6) is -0.129. The van der Waals surface area contributed by atoms with E-state index in [1.807, 2.05) is 62.4 Å². The fourth-order valence-electron chi connectivity index (χ4n) is 5.47. The highest BCUT2D eigenvalue weighted by Crippen LogP contribution is 2.34. The Morgan fingerprint density at radius 3 is 2.49 bits per heavy atom. The van der Waals surface area contributed by atoms with E-state index in [0.717, 1.165) is 27.7 Å². The Balaban J connectivity index is 1.34. The summed E-state index contributed by atoms with van der Waals surface area (Å²) in [5, 5.41) is 10.3. The van der Waals surface area contributed by atoms with Gasteiger partial charge in [0.25, 0.3) is 5.91 Å². The lowest BCUT2D eigenvalue weighted by molar-refractivity contribution is -0.144. The fourth-order valence-corrected chi connectivity index (χ4v) is 5.47. The molecule has 0 saturated carbocycles. The van der Waals surface area contributed by atoms with Crippen molar-refractivity contribution in [2.24, 2.45) is 11.7 Å². The molecule has 2 heterocycles. The van der Waals surface area contributed by atoms with Gasteiger partial charge < -0.3 is 15.4 Å². The minimum absolute atomic E-state index is 0.153. The Morgan fingerprint density at radius 2 is 1.80 bits per heavy atom. The number of pyridine rings is 1. The van der Waals surface area contributed by atoms with Crippen LogP contribution in [0.15, 0.2) is 78.9 Å². The number of nitrogens with one attached hydrogen (secondary N) is 1. The minimum atomic E-state index is -1.26. The summed E-state index contributed by atoms with van der Waals surface area (Å²) in [4.78, 5) is 32.2. The van der Waals surface area contributed by atoms with Crippen LogP contribution in [-0.4, -0.2) is 39.5 Å². The maximum atomic E-state index is 13.5. The molecule has 5 rings (SSSR count). The second-order valence-electron chi connectivity index (χ2n) is 11.2. The fraction of sp³-hybridized carbons (Fsp3) is 0.303. The summed E-state index contributed by atoms with van der Waals surface area (Å²) in [6.45, 7) is 6.66. The smallest absolute Gasteiger partial charge is 0.266 e. The molecular formula is C33H36N4O4. The van der Waals surface area contributed by atoms with Crippen molar-refractivity contribution >= 4 is 22.7 Å². The molecule has 0 spiro atoms. The van der Waals surface area contributed by atoms with Gasteiger partial charge in [-0.3, -0.25) is 14.8 Å². The topological polar surface area (TPSA) is 118 Å². The van der Waals surface area contributed by atoms with E-state index >= 15 is 0 Å². The Hall–Kier alpha value is -4.27. The highest BCUT2D eigenvalue weighted by molar-refractivity contribution is 5.94. The normalized spacial score (nSPS) is 17.7. The zero-order valence-electron chi connectivity index (χ0n) is 23.6. The van der Waals surface area contributed by atoms with E-state index in [0.29, 0.717) is 37.3 Å². The third-order valence-corrected chi connectivity index (χ3v) is 7.79. The van der Waals surface area contributed by atoms with Gasteiger partial charge in [-0.1, -0.05) is 74.0 Å². The largest absolute Gasteiger partial charge is 0.489 e. The molecule has 1 aliphatic heterocycles. The highest BCUT2D eigenvalue weighted by Gasteiger charge is 2.48. The summed E-state index contributed by atoms with van der Waals surface area (Å²) in [5.41, 5.74) is 12.8. The van der Waals surface area contributed by atoms with Crippen molar-refractivity contribution in [3.63, 3.8) is 0 Å². The molecule has 8 heteroatoms. The minimum Gasteiger partial charge on any atom is -0.489 e. The van der Waals surface area contributed by atoms with Crippen molar-refractivity contribution in [3.05, 3.63) is 95.6 Å². The zero-order chi connectivity index (χ0) is 29.1. The molecular weight excluding hydrogens is 516 g/mol. The number of hydrogen-bond acceptors (Lipinski definition) is 6. The molecule has 4 N–H and O–H groups in total. The van der Waals surface area contributed by atoms with Gasteiger partial charge in [0.1, 0.15) is 23.9 Å². The van der Waals surface area contributed by atoms with E-state index in [-0.39, 0.29) is 11.8 Å². The molecule has 1 saturated heterocycles. The second kappa shape index (κ2) is 11.7. The lowest BCUT2D eigenvalue weighted by Crippen LogP contribution is -2.52. The number of ether oxygens (including phenoxy) is 1. The molecule has 0 aliphatic carbocycles. The van der Waals surface area contributed by atoms with Crippen molar-refractivity contribution in [3.8, 4) is 17.0 Å². The number of benzene rings is 3. The van der Waals surface area contributed by atoms with Crippen molar-refractivity contribution in [1.29, 1.82) is 0 Å². The number of para-hydroxylation sites is 1. The molecule has 3 aromatic carbocycles. The maximum absolute atomic E-state index is 13.5. The summed E-state index contributed by atoms with van der Waals surface area (Å²) < 4.78 is 6.19. The molecule has 4 aromatic rings. The number of hydrogen-bond donors (Lipinski definition) is 3. The summed E-state index contributed by atoms with van der Waals surface area (Å²) in [7, 11) is 0. The Morgan fingerprint density at radius 1 is 1.10 bits per heavy atom. The predicted octanol–water partition coefficient (Wildman–Crippen LogP) is 5.10. The van der Waals surface area contributed by atoms with Crippen LogP contribution in [0.3, 0.4) is 0 Å². The number of nitrogens with zero attached hydrogens (tertiary/aromatic N) is 2. The van der Waals surface area contributed by atoms with Crippen LogP contribution < -0.4 is 16.0 Å². The first kappa shape index (κ1) is 28.3. The van der Waals surface area contributed by atoms with Gasteiger partial charge in [0.2, 0.25) is 5.91 Å². The molecule has 0 radical (unpaired) electrons. The van der Waals surface area contributed by atoms with E-state index in [9.17, 15) is 14.8 Å². The molecule has 2 atom stereocenters. The molecule has 41 heavy (non-hydrogen) atoms. The Bertz CT molecular complexity index is 1550. The average Bonchev–Trinajstić information content (AvgIpc) is 3.29. The van der Waals surface area contributed by atoms with Gasteiger partial charge in [-0.2, -0.15) is 0 Å². The molecule has 1 aliphatic rings. The predicted molar refractivity (Wildman–Crippen MR) is 158 cm³/mol. The van der Waals surface area contributed by atoms with Crippen LogP contribution in [0.4, 0.5) is 0 Å². The van der Waals surface area contributed by atoms with Gasteiger partial charge in [0.15, 0.2) is 0 Å². The summed E-state index contributed by atoms with van der Waals surface area (Å²) in [6.07, 6.45) is 0.792. The third-order valence-electron chi connectivity index (χ3n) is 7.79. The number of carbonyl (C=O) groups is 2. The van der Waals surface area contributed by atoms with Crippen LogP contribution in [-0.2, 0) is 21.7 Å². The first-order valence-corrected chi connectivity index (χ1v) is 13.9. The van der Waals surface area contributed by atoms with E-state index in [2.05, 4.69) is 37.3 Å². The number of aryl methyl sites for hydroxylation is 1. The van der Waals surface area contributed by atoms with Crippen LogP contribution in [0.5, 0.6) is 5.75 Å². The van der Waals surface area contributed by atoms with Crippen LogP contribution in [0.25, 0.3) is 22.2 Å². The van der Waals surface area contributed by atoms with Gasteiger partial charge in [0, 0.05) is 23.1 Å². The molecule has 212 valence electrons. The molecule has 2 amide bonds. The number of fused-ring (bicyclic) bond motifs is 1. The standard InChI is InChI=1S/C33H36N4O4/c1-21(2)18-30(31(38)36-40)37-17-16-33(34,32(37)39)25-12-14-26(15-13-25)41-20-24-19-29(23-10-8-22(3)9-11-23)35-28-7-5-4-6-27(24)28/h4-15,19,21,30,40H,16-18,20,34H2,1-3H3,(H,36,38)/t30-,33-/m1/s1. The molecule has 0 unspecified atom stereocenters. The van der Waals surface area contributed by atoms with E-state index in [1.165, 1.54) is 10.5 Å². The Labute approximate surface area is 240 Å². The lowest BCUT2D eigenvalue weighted by Gasteiger charge is -2.30. The van der Waals surface area contributed by atoms with Crippen LogP contribution in [0.1, 0.15) is 43.4 Å². The van der Waals surface area contributed by atoms with E-state index in [4.69, 9.17) is 15.5 Å².